The van der Waals surface area contributed by atoms with Crippen molar-refractivity contribution in [3.63, 3.8) is 0 Å². The molecule has 1 aliphatic rings. The number of hydrogen-bond donors (Lipinski definition) is 2. The normalized spacial score (nSPS) is 13.3. The van der Waals surface area contributed by atoms with E-state index >= 15 is 0 Å². The number of nitrogens with one attached hydrogen (secondary N) is 1. The number of thiol groups is 1. The molecule has 0 bridgehead atoms. The second-order valence-corrected chi connectivity index (χ2v) is 11.0. The summed E-state index contributed by atoms with van der Waals surface area (Å²) < 4.78 is 37.6. The molecular formula is C32H32ClFN4O6S. The molecule has 0 unspecified atom stereocenters. The molecule has 1 aliphatic heterocycles. The van der Waals surface area contributed by atoms with Crippen LogP contribution in [0.2, 0.25) is 5.02 Å². The fraction of sp³-hybridized carbons (Fsp3) is 0.281. The summed E-state index contributed by atoms with van der Waals surface area (Å²) in [5.41, 5.74) is 1.37. The second-order valence-electron chi connectivity index (χ2n) is 10.2. The summed E-state index contributed by atoms with van der Waals surface area (Å²) in [5, 5.41) is 3.10. The third kappa shape index (κ3) is 8.54. The van der Waals surface area contributed by atoms with Crippen LogP contribution >= 0.6 is 24.4 Å². The summed E-state index contributed by atoms with van der Waals surface area (Å²) in [6.45, 7) is 4.84. The van der Waals surface area contributed by atoms with Gasteiger partial charge >= 0.3 is 6.03 Å². The number of hydrogen-bond acceptors (Lipinski definition) is 9. The van der Waals surface area contributed by atoms with E-state index in [9.17, 15) is 14.0 Å². The number of amides is 3. The molecule has 3 amide bonds. The lowest BCUT2D eigenvalue weighted by atomic mass is 10.1. The van der Waals surface area contributed by atoms with Gasteiger partial charge in [-0.3, -0.25) is 20.0 Å². The highest BCUT2D eigenvalue weighted by atomic mass is 35.5. The number of carbonyl (C=O) groups excluding carboxylic acids is 2. The van der Waals surface area contributed by atoms with Gasteiger partial charge in [-0.25, -0.2) is 13.5 Å². The van der Waals surface area contributed by atoms with Crippen LogP contribution in [0.1, 0.15) is 12.0 Å². The lowest BCUT2D eigenvalue weighted by Crippen LogP contribution is -2.39. The summed E-state index contributed by atoms with van der Waals surface area (Å²) in [6, 6.07) is 14.7. The fourth-order valence-electron chi connectivity index (χ4n) is 4.77. The van der Waals surface area contributed by atoms with Crippen molar-refractivity contribution in [1.29, 1.82) is 0 Å². The van der Waals surface area contributed by atoms with Gasteiger partial charge in [0, 0.05) is 37.3 Å². The van der Waals surface area contributed by atoms with E-state index in [4.69, 9.17) is 30.5 Å². The topological polar surface area (TPSA) is 102 Å². The Labute approximate surface area is 270 Å². The molecule has 2 heterocycles. The van der Waals surface area contributed by atoms with Gasteiger partial charge in [0.1, 0.15) is 17.3 Å². The maximum absolute atomic E-state index is 13.4. The monoisotopic (exact) mass is 654 g/mol. The zero-order chi connectivity index (χ0) is 31.8. The molecule has 1 aromatic heterocycles. The van der Waals surface area contributed by atoms with Gasteiger partial charge in [0.2, 0.25) is 5.91 Å². The van der Waals surface area contributed by atoms with Gasteiger partial charge < -0.3 is 18.9 Å². The number of ether oxygens (including phenoxy) is 4. The summed E-state index contributed by atoms with van der Waals surface area (Å²) in [6.07, 6.45) is 2.31. The van der Waals surface area contributed by atoms with Crippen LogP contribution in [0.25, 0.3) is 10.9 Å². The number of urea groups is 1. The first kappa shape index (κ1) is 32.3. The minimum atomic E-state index is -0.796. The van der Waals surface area contributed by atoms with Crippen LogP contribution in [0.3, 0.4) is 0 Å². The maximum atomic E-state index is 13.4. The Morgan fingerprint density at radius 3 is 2.64 bits per heavy atom. The highest BCUT2D eigenvalue weighted by Crippen LogP contribution is 2.39. The molecule has 0 aliphatic carbocycles. The van der Waals surface area contributed by atoms with E-state index in [0.717, 1.165) is 43.6 Å². The van der Waals surface area contributed by atoms with Gasteiger partial charge in [0.05, 0.1) is 49.6 Å². The molecule has 5 rings (SSSR count). The van der Waals surface area contributed by atoms with E-state index in [0.29, 0.717) is 51.8 Å². The molecule has 0 atom stereocenters. The molecule has 1 saturated heterocycles. The molecule has 45 heavy (non-hydrogen) atoms. The van der Waals surface area contributed by atoms with Gasteiger partial charge in [-0.2, -0.15) is 0 Å². The lowest BCUT2D eigenvalue weighted by Gasteiger charge is -2.26. The van der Waals surface area contributed by atoms with Gasteiger partial charge in [-0.15, -0.1) is 0 Å². The number of anilines is 1. The molecule has 1 fully saturated rings. The first-order chi connectivity index (χ1) is 21.8. The van der Waals surface area contributed by atoms with Crippen LogP contribution < -0.4 is 23.8 Å². The summed E-state index contributed by atoms with van der Waals surface area (Å²) >= 11 is 10.7. The number of fused-ring (bicyclic) bond motifs is 1. The van der Waals surface area contributed by atoms with E-state index in [1.165, 1.54) is 24.3 Å². The number of halogens is 2. The van der Waals surface area contributed by atoms with Crippen LogP contribution in [-0.4, -0.2) is 68.4 Å². The lowest BCUT2D eigenvalue weighted by molar-refractivity contribution is -0.119. The number of benzene rings is 3. The molecule has 4 aromatic rings. The quantitative estimate of drug-likeness (QED) is 0.149. The number of aromatic nitrogens is 1. The van der Waals surface area contributed by atoms with E-state index in [-0.39, 0.29) is 11.4 Å². The van der Waals surface area contributed by atoms with Crippen molar-refractivity contribution in [2.24, 2.45) is 0 Å². The van der Waals surface area contributed by atoms with Crippen molar-refractivity contribution < 1.29 is 32.9 Å². The van der Waals surface area contributed by atoms with E-state index in [1.807, 2.05) is 6.07 Å². The molecule has 1 N–H and O–H groups in total. The molecule has 3 aromatic carbocycles. The fourth-order valence-corrected chi connectivity index (χ4v) is 5.16. The average molecular weight is 655 g/mol. The Morgan fingerprint density at radius 2 is 1.89 bits per heavy atom. The van der Waals surface area contributed by atoms with E-state index in [2.05, 4.69) is 28.0 Å². The van der Waals surface area contributed by atoms with Crippen molar-refractivity contribution in [2.45, 2.75) is 12.8 Å². The van der Waals surface area contributed by atoms with Crippen LogP contribution in [-0.2, 0) is 16.0 Å². The largest absolute Gasteiger partial charge is 0.493 e. The number of nitrogens with zero attached hydrogens (tertiary/aromatic N) is 3. The number of methoxy groups -OCH3 is 1. The first-order valence-electron chi connectivity index (χ1n) is 14.2. The SMILES string of the molecule is COc1cc2c(Oc3ccc(N(S)C(=O)NC(=O)Cc4cccc(F)c4)cc3Cl)ccnc2cc1OCCCN1CCOCC1. The summed E-state index contributed by atoms with van der Waals surface area (Å²) in [5.74, 6) is 0.840. The van der Waals surface area contributed by atoms with E-state index < -0.39 is 17.8 Å². The minimum absolute atomic E-state index is 0.175. The highest BCUT2D eigenvalue weighted by molar-refractivity contribution is 7.82. The minimum Gasteiger partial charge on any atom is -0.493 e. The number of pyridine rings is 1. The zero-order valence-corrected chi connectivity index (χ0v) is 26.2. The third-order valence-electron chi connectivity index (χ3n) is 7.04. The van der Waals surface area contributed by atoms with Crippen LogP contribution in [0, 0.1) is 5.82 Å². The Hall–Kier alpha value is -4.10. The Balaban J connectivity index is 1.23. The number of morpholine rings is 1. The van der Waals surface area contributed by atoms with Crippen molar-refractivity contribution in [1.82, 2.24) is 15.2 Å². The second kappa shape index (κ2) is 15.3. The average Bonchev–Trinajstić information content (AvgIpc) is 3.03. The van der Waals surface area contributed by atoms with Crippen molar-refractivity contribution >= 4 is 52.9 Å². The molecule has 0 saturated carbocycles. The number of imide groups is 1. The Morgan fingerprint density at radius 1 is 1.07 bits per heavy atom. The molecule has 13 heteroatoms. The van der Waals surface area contributed by atoms with Crippen LogP contribution in [0.4, 0.5) is 14.9 Å². The van der Waals surface area contributed by atoms with Gasteiger partial charge in [-0.05, 0) is 54.4 Å². The van der Waals surface area contributed by atoms with Crippen LogP contribution in [0.15, 0.2) is 66.9 Å². The van der Waals surface area contributed by atoms with Gasteiger partial charge in [0.15, 0.2) is 11.5 Å². The molecule has 0 radical (unpaired) electrons. The maximum Gasteiger partial charge on any atom is 0.338 e. The third-order valence-corrected chi connectivity index (χ3v) is 7.75. The van der Waals surface area contributed by atoms with Crippen molar-refractivity contribution in [2.75, 3.05) is 50.9 Å². The van der Waals surface area contributed by atoms with Crippen molar-refractivity contribution in [3.8, 4) is 23.0 Å². The predicted molar refractivity (Wildman–Crippen MR) is 172 cm³/mol. The van der Waals surface area contributed by atoms with Crippen LogP contribution in [0.5, 0.6) is 23.0 Å². The molecule has 236 valence electrons. The predicted octanol–water partition coefficient (Wildman–Crippen LogP) is 6.06. The smallest absolute Gasteiger partial charge is 0.338 e. The summed E-state index contributed by atoms with van der Waals surface area (Å²) in [7, 11) is 1.57. The summed E-state index contributed by atoms with van der Waals surface area (Å²) in [4.78, 5) is 31.8. The number of carbonyl (C=O) groups is 2. The van der Waals surface area contributed by atoms with E-state index in [1.54, 1.807) is 43.6 Å². The Kier molecular flexibility index (Phi) is 11.0. The molecule has 10 nitrogen and oxygen atoms in total. The Bertz CT molecular complexity index is 1670. The number of rotatable bonds is 11. The molecular weight excluding hydrogens is 623 g/mol. The zero-order valence-electron chi connectivity index (χ0n) is 24.5. The highest BCUT2D eigenvalue weighted by Gasteiger charge is 2.19. The van der Waals surface area contributed by atoms with Crippen molar-refractivity contribution in [3.05, 3.63) is 83.3 Å². The van der Waals surface area contributed by atoms with Gasteiger partial charge in [-0.1, -0.05) is 36.5 Å². The van der Waals surface area contributed by atoms with Gasteiger partial charge in [0.25, 0.3) is 0 Å². The molecule has 0 spiro atoms. The first-order valence-corrected chi connectivity index (χ1v) is 15.0. The standard InChI is InChI=1S/C32H32ClFN4O6S/c1-41-29-19-24-26(20-30(29)43-13-3-10-37-11-14-42-15-12-37)35-9-8-27(24)44-28-7-6-23(18-25(28)33)38(45)32(40)36-31(39)17-21-4-2-5-22(34)16-21/h2,4-9,16,18-20,45H,3,10-15,17H2,1H3,(H,36,39,40).